The van der Waals surface area contributed by atoms with Gasteiger partial charge in [-0.25, -0.2) is 8.42 Å². The fourth-order valence-corrected chi connectivity index (χ4v) is 3.35. The predicted octanol–water partition coefficient (Wildman–Crippen LogP) is 1.41. The smallest absolute Gasteiger partial charge is 0.242 e. The minimum Gasteiger partial charge on any atom is -0.357 e. The molecule has 2 aromatic rings. The first kappa shape index (κ1) is 14.7. The van der Waals surface area contributed by atoms with Crippen LogP contribution in [0.15, 0.2) is 23.1 Å². The van der Waals surface area contributed by atoms with Crippen molar-refractivity contribution in [2.75, 3.05) is 13.3 Å². The number of para-hydroxylation sites is 1. The van der Waals surface area contributed by atoms with Gasteiger partial charge in [0.1, 0.15) is 6.04 Å². The average molecular weight is 313 g/mol. The Labute approximate surface area is 121 Å². The van der Waals surface area contributed by atoms with Crippen molar-refractivity contribution in [3.63, 3.8) is 0 Å². The highest BCUT2D eigenvalue weighted by atomic mass is 32.2. The van der Waals surface area contributed by atoms with Crippen LogP contribution < -0.4 is 5.32 Å². The number of nitrogens with zero attached hydrogens (tertiary/aromatic N) is 1. The van der Waals surface area contributed by atoms with Gasteiger partial charge in [0, 0.05) is 13.3 Å². The van der Waals surface area contributed by atoms with Crippen molar-refractivity contribution in [3.8, 4) is 0 Å². The van der Waals surface area contributed by atoms with Crippen molar-refractivity contribution in [2.24, 2.45) is 0 Å². The lowest BCUT2D eigenvalue weighted by atomic mass is 10.2. The van der Waals surface area contributed by atoms with Gasteiger partial charge in [0.2, 0.25) is 5.91 Å². The minimum absolute atomic E-state index is 0.170. The van der Waals surface area contributed by atoms with Crippen LogP contribution in [-0.4, -0.2) is 37.2 Å². The number of aromatic amines is 1. The Morgan fingerprint density at radius 2 is 2.10 bits per heavy atom. The summed E-state index contributed by atoms with van der Waals surface area (Å²) in [5, 5.41) is 2.55. The summed E-state index contributed by atoms with van der Waals surface area (Å²) in [5.74, 6) is -0.202. The van der Waals surface area contributed by atoms with E-state index in [1.165, 1.54) is 6.07 Å². The molecule has 8 heteroatoms. The van der Waals surface area contributed by atoms with Crippen LogP contribution in [0, 0.1) is 4.77 Å². The van der Waals surface area contributed by atoms with E-state index in [-0.39, 0.29) is 10.8 Å². The Bertz CT molecular complexity index is 833. The lowest BCUT2D eigenvalue weighted by Crippen LogP contribution is -2.27. The van der Waals surface area contributed by atoms with Crippen LogP contribution in [0.25, 0.3) is 11.0 Å². The minimum atomic E-state index is -3.38. The van der Waals surface area contributed by atoms with Gasteiger partial charge in [-0.05, 0) is 31.3 Å². The maximum Gasteiger partial charge on any atom is 0.242 e. The lowest BCUT2D eigenvalue weighted by molar-refractivity contribution is -0.123. The van der Waals surface area contributed by atoms with Gasteiger partial charge in [-0.15, -0.1) is 0 Å². The Morgan fingerprint density at radius 3 is 2.65 bits per heavy atom. The number of sulfone groups is 1. The first-order valence-electron chi connectivity index (χ1n) is 5.92. The molecule has 1 aromatic carbocycles. The van der Waals surface area contributed by atoms with E-state index in [1.54, 1.807) is 30.7 Å². The number of carbonyl (C=O) groups is 1. The van der Waals surface area contributed by atoms with Gasteiger partial charge in [-0.2, -0.15) is 0 Å². The number of benzene rings is 1. The summed E-state index contributed by atoms with van der Waals surface area (Å²) in [5.41, 5.74) is 1.02. The number of amides is 1. The van der Waals surface area contributed by atoms with Gasteiger partial charge in [0.15, 0.2) is 14.6 Å². The zero-order chi connectivity index (χ0) is 15.1. The van der Waals surface area contributed by atoms with Crippen molar-refractivity contribution in [1.29, 1.82) is 0 Å². The molecule has 0 bridgehead atoms. The molecule has 0 saturated heterocycles. The summed E-state index contributed by atoms with van der Waals surface area (Å²) in [6, 6.07) is 4.35. The number of nitrogens with one attached hydrogen (secondary N) is 2. The number of hydrogen-bond donors (Lipinski definition) is 2. The summed E-state index contributed by atoms with van der Waals surface area (Å²) in [4.78, 5) is 14.8. The highest BCUT2D eigenvalue weighted by Gasteiger charge is 2.20. The number of H-pyrrole nitrogens is 1. The van der Waals surface area contributed by atoms with Crippen molar-refractivity contribution in [1.82, 2.24) is 14.9 Å². The standard InChI is InChI=1S/C12H15N3O3S2/c1-7(11(16)13-2)15-8-5-4-6-9(20(3,17)18)10(8)14-12(15)19/h4-7H,1-3H3,(H,13,16)(H,14,19). The molecule has 1 heterocycles. The number of rotatable bonds is 3. The molecule has 1 unspecified atom stereocenters. The number of imidazole rings is 1. The summed E-state index contributed by atoms with van der Waals surface area (Å²) >= 11 is 5.21. The largest absolute Gasteiger partial charge is 0.357 e. The molecule has 20 heavy (non-hydrogen) atoms. The molecule has 2 rings (SSSR count). The number of aromatic nitrogens is 2. The molecule has 1 amide bonds. The molecular weight excluding hydrogens is 298 g/mol. The molecule has 0 spiro atoms. The first-order valence-corrected chi connectivity index (χ1v) is 8.22. The maximum atomic E-state index is 11.8. The van der Waals surface area contributed by atoms with Crippen LogP contribution in [0.3, 0.4) is 0 Å². The van der Waals surface area contributed by atoms with Gasteiger partial charge in [-0.1, -0.05) is 6.07 Å². The topological polar surface area (TPSA) is 84.0 Å². The summed E-state index contributed by atoms with van der Waals surface area (Å²) in [6.07, 6.45) is 1.14. The summed E-state index contributed by atoms with van der Waals surface area (Å²) in [7, 11) is -1.83. The highest BCUT2D eigenvalue weighted by Crippen LogP contribution is 2.25. The molecule has 0 aliphatic rings. The maximum absolute atomic E-state index is 11.8. The molecular formula is C12H15N3O3S2. The zero-order valence-corrected chi connectivity index (χ0v) is 12.9. The normalized spacial score (nSPS) is 13.3. The zero-order valence-electron chi connectivity index (χ0n) is 11.3. The van der Waals surface area contributed by atoms with Crippen molar-refractivity contribution in [3.05, 3.63) is 23.0 Å². The van der Waals surface area contributed by atoms with Crippen LogP contribution >= 0.6 is 12.2 Å². The summed E-state index contributed by atoms with van der Waals surface area (Å²) < 4.78 is 25.5. The fourth-order valence-electron chi connectivity index (χ4n) is 2.14. The molecule has 0 aliphatic carbocycles. The van der Waals surface area contributed by atoms with Crippen molar-refractivity contribution in [2.45, 2.75) is 17.9 Å². The second-order valence-corrected chi connectivity index (χ2v) is 6.88. The molecule has 1 aromatic heterocycles. The highest BCUT2D eigenvalue weighted by molar-refractivity contribution is 7.91. The second kappa shape index (κ2) is 5.02. The van der Waals surface area contributed by atoms with Gasteiger partial charge in [-0.3, -0.25) is 4.79 Å². The second-order valence-electron chi connectivity index (χ2n) is 4.51. The molecule has 108 valence electrons. The van der Waals surface area contributed by atoms with Gasteiger partial charge < -0.3 is 14.9 Å². The van der Waals surface area contributed by atoms with E-state index in [1.807, 2.05) is 0 Å². The Morgan fingerprint density at radius 1 is 1.45 bits per heavy atom. The van der Waals surface area contributed by atoms with Gasteiger partial charge in [0.05, 0.1) is 15.9 Å². The van der Waals surface area contributed by atoms with Crippen LogP contribution in [0.5, 0.6) is 0 Å². The Balaban J connectivity index is 2.81. The Hall–Kier alpha value is -1.67. The van der Waals surface area contributed by atoms with Crippen LogP contribution in [-0.2, 0) is 14.6 Å². The van der Waals surface area contributed by atoms with E-state index in [2.05, 4.69) is 10.3 Å². The average Bonchev–Trinajstić information content (AvgIpc) is 2.71. The quantitative estimate of drug-likeness (QED) is 0.839. The van der Waals surface area contributed by atoms with E-state index in [0.29, 0.717) is 15.8 Å². The molecule has 2 N–H and O–H groups in total. The fraction of sp³-hybridized carbons (Fsp3) is 0.333. The molecule has 1 atom stereocenters. The third kappa shape index (κ3) is 2.36. The van der Waals surface area contributed by atoms with Crippen LogP contribution in [0.1, 0.15) is 13.0 Å². The van der Waals surface area contributed by atoms with Crippen molar-refractivity contribution >= 4 is 39.0 Å². The van der Waals surface area contributed by atoms with Crippen molar-refractivity contribution < 1.29 is 13.2 Å². The predicted molar refractivity (Wildman–Crippen MR) is 79.0 cm³/mol. The Kier molecular flexibility index (Phi) is 3.70. The van der Waals surface area contributed by atoms with E-state index in [4.69, 9.17) is 12.2 Å². The van der Waals surface area contributed by atoms with E-state index >= 15 is 0 Å². The van der Waals surface area contributed by atoms with E-state index in [9.17, 15) is 13.2 Å². The van der Waals surface area contributed by atoms with E-state index < -0.39 is 15.9 Å². The molecule has 0 fully saturated rings. The molecule has 6 nitrogen and oxygen atoms in total. The molecule has 0 saturated carbocycles. The number of hydrogen-bond acceptors (Lipinski definition) is 4. The number of likely N-dealkylation sites (N-methyl/N-ethyl adjacent to an activating group) is 1. The van der Waals surface area contributed by atoms with Gasteiger partial charge >= 0.3 is 0 Å². The third-order valence-corrected chi connectivity index (χ3v) is 4.57. The number of carbonyl (C=O) groups excluding carboxylic acids is 1. The SMILES string of the molecule is CNC(=O)C(C)n1c(=S)[nH]c2c(S(C)(=O)=O)cccc21. The van der Waals surface area contributed by atoms with Crippen LogP contribution in [0.4, 0.5) is 0 Å². The van der Waals surface area contributed by atoms with Crippen LogP contribution in [0.2, 0.25) is 0 Å². The molecule has 0 radical (unpaired) electrons. The number of fused-ring (bicyclic) bond motifs is 1. The monoisotopic (exact) mass is 313 g/mol. The van der Waals surface area contributed by atoms with E-state index in [0.717, 1.165) is 6.26 Å². The molecule has 0 aliphatic heterocycles. The van der Waals surface area contributed by atoms with Gasteiger partial charge in [0.25, 0.3) is 0 Å². The third-order valence-electron chi connectivity index (χ3n) is 3.13. The lowest BCUT2D eigenvalue weighted by Gasteiger charge is -2.12. The first-order chi connectivity index (χ1) is 9.27. The summed E-state index contributed by atoms with van der Waals surface area (Å²) in [6.45, 7) is 1.70.